The van der Waals surface area contributed by atoms with Crippen molar-refractivity contribution >= 4 is 34.7 Å². The Kier molecular flexibility index (Phi) is 3.82. The Bertz CT molecular complexity index is 529. The van der Waals surface area contributed by atoms with Gasteiger partial charge in [0.1, 0.15) is 0 Å². The molecule has 0 aliphatic heterocycles. The molecule has 2 rings (SSSR count). The molecule has 4 heteroatoms. The maximum absolute atomic E-state index is 6.10. The summed E-state index contributed by atoms with van der Waals surface area (Å²) in [5.74, 6) is 0.842. The van der Waals surface area contributed by atoms with Crippen LogP contribution in [0.4, 0.5) is 11.4 Å². The van der Waals surface area contributed by atoms with Gasteiger partial charge in [-0.3, -0.25) is 0 Å². The third-order valence-corrected chi connectivity index (χ3v) is 3.87. The van der Waals surface area contributed by atoms with Gasteiger partial charge in [-0.1, -0.05) is 23.7 Å². The van der Waals surface area contributed by atoms with Crippen LogP contribution in [-0.2, 0) is 5.75 Å². The molecule has 0 aromatic heterocycles. The van der Waals surface area contributed by atoms with Crippen LogP contribution in [-0.4, -0.2) is 0 Å². The number of benzene rings is 2. The molecule has 0 spiro atoms. The SMILES string of the molecule is Nc1cccc(CSc2ccc(N)cc2Cl)c1. The normalized spacial score (nSPS) is 10.4. The number of anilines is 2. The lowest BCUT2D eigenvalue weighted by atomic mass is 10.2. The lowest BCUT2D eigenvalue weighted by Gasteiger charge is -2.05. The van der Waals surface area contributed by atoms with Crippen LogP contribution in [0.15, 0.2) is 47.4 Å². The minimum Gasteiger partial charge on any atom is -0.399 e. The standard InChI is InChI=1S/C13H13ClN2S/c14-12-7-11(16)4-5-13(12)17-8-9-2-1-3-10(15)6-9/h1-7H,8,15-16H2. The quantitative estimate of drug-likeness (QED) is 0.655. The van der Waals surface area contributed by atoms with E-state index in [1.54, 1.807) is 17.8 Å². The van der Waals surface area contributed by atoms with Crippen molar-refractivity contribution in [2.45, 2.75) is 10.6 Å². The molecule has 88 valence electrons. The summed E-state index contributed by atoms with van der Waals surface area (Å²) in [5.41, 5.74) is 14.0. The fraction of sp³-hybridized carbons (Fsp3) is 0.0769. The Hall–Kier alpha value is -1.32. The van der Waals surface area contributed by atoms with E-state index in [0.29, 0.717) is 10.7 Å². The van der Waals surface area contributed by atoms with E-state index in [2.05, 4.69) is 6.07 Å². The van der Waals surface area contributed by atoms with E-state index in [4.69, 9.17) is 23.1 Å². The van der Waals surface area contributed by atoms with Crippen LogP contribution < -0.4 is 11.5 Å². The van der Waals surface area contributed by atoms with E-state index >= 15 is 0 Å². The molecule has 2 aromatic rings. The predicted molar refractivity (Wildman–Crippen MR) is 76.3 cm³/mol. The van der Waals surface area contributed by atoms with Gasteiger partial charge >= 0.3 is 0 Å². The average molecular weight is 265 g/mol. The number of nitrogen functional groups attached to an aromatic ring is 2. The number of nitrogens with two attached hydrogens (primary N) is 2. The molecular formula is C13H13ClN2S. The van der Waals surface area contributed by atoms with Gasteiger partial charge in [-0.2, -0.15) is 0 Å². The van der Waals surface area contributed by atoms with Gasteiger partial charge in [0.15, 0.2) is 0 Å². The van der Waals surface area contributed by atoms with E-state index in [9.17, 15) is 0 Å². The number of halogens is 1. The molecule has 0 bridgehead atoms. The highest BCUT2D eigenvalue weighted by Crippen LogP contribution is 2.31. The van der Waals surface area contributed by atoms with E-state index in [0.717, 1.165) is 16.3 Å². The highest BCUT2D eigenvalue weighted by Gasteiger charge is 2.02. The summed E-state index contributed by atoms with van der Waals surface area (Å²) in [6.45, 7) is 0. The van der Waals surface area contributed by atoms with Gasteiger partial charge in [0, 0.05) is 22.0 Å². The summed E-state index contributed by atoms with van der Waals surface area (Å²) < 4.78 is 0. The highest BCUT2D eigenvalue weighted by molar-refractivity contribution is 7.98. The predicted octanol–water partition coefficient (Wildman–Crippen LogP) is 3.80. The number of thioether (sulfide) groups is 1. The Morgan fingerprint density at radius 2 is 1.76 bits per heavy atom. The monoisotopic (exact) mass is 264 g/mol. The molecule has 0 fully saturated rings. The largest absolute Gasteiger partial charge is 0.399 e. The second kappa shape index (κ2) is 5.34. The lowest BCUT2D eigenvalue weighted by molar-refractivity contribution is 1.38. The zero-order chi connectivity index (χ0) is 12.3. The molecule has 0 saturated heterocycles. The lowest BCUT2D eigenvalue weighted by Crippen LogP contribution is -1.88. The molecule has 0 atom stereocenters. The average Bonchev–Trinajstić information content (AvgIpc) is 2.28. The molecule has 2 nitrogen and oxygen atoms in total. The van der Waals surface area contributed by atoms with Gasteiger partial charge < -0.3 is 11.5 Å². The van der Waals surface area contributed by atoms with Gasteiger partial charge in [0.25, 0.3) is 0 Å². The molecule has 17 heavy (non-hydrogen) atoms. The highest BCUT2D eigenvalue weighted by atomic mass is 35.5. The molecule has 0 aliphatic carbocycles. The van der Waals surface area contributed by atoms with Crippen molar-refractivity contribution in [3.8, 4) is 0 Å². The van der Waals surface area contributed by atoms with Crippen LogP contribution >= 0.6 is 23.4 Å². The van der Waals surface area contributed by atoms with Gasteiger partial charge in [-0.05, 0) is 35.9 Å². The maximum Gasteiger partial charge on any atom is 0.0562 e. The summed E-state index contributed by atoms with van der Waals surface area (Å²) in [4.78, 5) is 1.03. The number of hydrogen-bond donors (Lipinski definition) is 2. The molecule has 0 saturated carbocycles. The summed E-state index contributed by atoms with van der Waals surface area (Å²) in [5, 5.41) is 0.693. The van der Waals surface area contributed by atoms with Crippen LogP contribution in [0.5, 0.6) is 0 Å². The van der Waals surface area contributed by atoms with Crippen molar-refractivity contribution < 1.29 is 0 Å². The third kappa shape index (κ3) is 3.32. The molecule has 0 heterocycles. The van der Waals surface area contributed by atoms with E-state index < -0.39 is 0 Å². The summed E-state index contributed by atoms with van der Waals surface area (Å²) in [6.07, 6.45) is 0. The molecule has 0 radical (unpaired) electrons. The first kappa shape index (κ1) is 12.1. The fourth-order valence-corrected chi connectivity index (χ4v) is 2.69. The van der Waals surface area contributed by atoms with Crippen molar-refractivity contribution in [2.75, 3.05) is 11.5 Å². The molecule has 4 N–H and O–H groups in total. The molecule has 0 unspecified atom stereocenters. The first-order valence-corrected chi connectivity index (χ1v) is 6.54. The summed E-state index contributed by atoms with van der Waals surface area (Å²) in [7, 11) is 0. The van der Waals surface area contributed by atoms with E-state index in [-0.39, 0.29) is 0 Å². The third-order valence-electron chi connectivity index (χ3n) is 2.30. The maximum atomic E-state index is 6.10. The van der Waals surface area contributed by atoms with E-state index in [1.807, 2.05) is 30.3 Å². The van der Waals surface area contributed by atoms with Gasteiger partial charge in [0.05, 0.1) is 5.02 Å². The summed E-state index contributed by atoms with van der Waals surface area (Å²) >= 11 is 7.78. The topological polar surface area (TPSA) is 52.0 Å². The van der Waals surface area contributed by atoms with Gasteiger partial charge in [-0.25, -0.2) is 0 Å². The Balaban J connectivity index is 2.07. The summed E-state index contributed by atoms with van der Waals surface area (Å²) in [6, 6.07) is 13.4. The minimum absolute atomic E-state index is 0.684. The van der Waals surface area contributed by atoms with E-state index in [1.165, 1.54) is 5.56 Å². The first-order chi connectivity index (χ1) is 8.15. The van der Waals surface area contributed by atoms with Crippen LogP contribution in [0, 0.1) is 0 Å². The van der Waals surface area contributed by atoms with Crippen molar-refractivity contribution in [3.63, 3.8) is 0 Å². The molecule has 0 amide bonds. The van der Waals surface area contributed by atoms with Crippen LogP contribution in [0.2, 0.25) is 5.02 Å². The van der Waals surface area contributed by atoms with Crippen LogP contribution in [0.3, 0.4) is 0 Å². The fourth-order valence-electron chi connectivity index (χ4n) is 1.48. The van der Waals surface area contributed by atoms with Crippen molar-refractivity contribution in [1.29, 1.82) is 0 Å². The molecule has 2 aromatic carbocycles. The van der Waals surface area contributed by atoms with Crippen LogP contribution in [0.25, 0.3) is 0 Å². The Morgan fingerprint density at radius 3 is 2.47 bits per heavy atom. The molecular weight excluding hydrogens is 252 g/mol. The second-order valence-corrected chi connectivity index (χ2v) is 5.15. The first-order valence-electron chi connectivity index (χ1n) is 5.17. The number of hydrogen-bond acceptors (Lipinski definition) is 3. The van der Waals surface area contributed by atoms with Crippen LogP contribution in [0.1, 0.15) is 5.56 Å². The zero-order valence-corrected chi connectivity index (χ0v) is 10.8. The second-order valence-electron chi connectivity index (χ2n) is 3.72. The number of rotatable bonds is 3. The van der Waals surface area contributed by atoms with Crippen molar-refractivity contribution in [3.05, 3.63) is 53.1 Å². The Labute approximate surface area is 110 Å². The zero-order valence-electron chi connectivity index (χ0n) is 9.19. The molecule has 0 aliphatic rings. The van der Waals surface area contributed by atoms with Gasteiger partial charge in [0.2, 0.25) is 0 Å². The van der Waals surface area contributed by atoms with Crippen molar-refractivity contribution in [1.82, 2.24) is 0 Å². The van der Waals surface area contributed by atoms with Gasteiger partial charge in [-0.15, -0.1) is 11.8 Å². The minimum atomic E-state index is 0.684. The van der Waals surface area contributed by atoms with Crippen molar-refractivity contribution in [2.24, 2.45) is 0 Å². The Morgan fingerprint density at radius 1 is 1.00 bits per heavy atom. The smallest absolute Gasteiger partial charge is 0.0562 e.